The van der Waals surface area contributed by atoms with E-state index in [2.05, 4.69) is 10.4 Å². The highest BCUT2D eigenvalue weighted by Gasteiger charge is 2.17. The monoisotopic (exact) mass is 350 g/mol. The van der Waals surface area contributed by atoms with E-state index >= 15 is 0 Å². The molecule has 8 heteroatoms. The summed E-state index contributed by atoms with van der Waals surface area (Å²) in [5.74, 6) is -1.20. The van der Waals surface area contributed by atoms with Crippen LogP contribution >= 0.6 is 0 Å². The quantitative estimate of drug-likeness (QED) is 0.735. The lowest BCUT2D eigenvalue weighted by atomic mass is 9.95. The van der Waals surface area contributed by atoms with E-state index < -0.39 is 5.97 Å². The number of hydrogen-bond donors (Lipinski definition) is 2. The van der Waals surface area contributed by atoms with Gasteiger partial charge in [-0.1, -0.05) is 19.3 Å². The van der Waals surface area contributed by atoms with Gasteiger partial charge in [0.25, 0.3) is 5.91 Å². The van der Waals surface area contributed by atoms with Crippen LogP contribution in [0.4, 0.5) is 0 Å². The molecule has 1 fully saturated rings. The summed E-state index contributed by atoms with van der Waals surface area (Å²) in [7, 11) is 1.62. The average molecular weight is 350 g/mol. The molecule has 0 atom stereocenters. The van der Waals surface area contributed by atoms with E-state index in [0.717, 1.165) is 25.7 Å². The van der Waals surface area contributed by atoms with E-state index in [1.807, 2.05) is 0 Å². The van der Waals surface area contributed by atoms with Crippen molar-refractivity contribution in [2.75, 3.05) is 13.6 Å². The topological polar surface area (TPSA) is 105 Å². The molecule has 8 nitrogen and oxygen atoms in total. The van der Waals surface area contributed by atoms with Crippen molar-refractivity contribution in [3.63, 3.8) is 0 Å². The fourth-order valence-corrected chi connectivity index (χ4v) is 3.02. The van der Waals surface area contributed by atoms with E-state index in [9.17, 15) is 14.4 Å². The van der Waals surface area contributed by atoms with Crippen LogP contribution in [0.1, 0.15) is 55.3 Å². The van der Waals surface area contributed by atoms with Crippen LogP contribution in [0.25, 0.3) is 0 Å². The Morgan fingerprint density at radius 1 is 1.32 bits per heavy atom. The van der Waals surface area contributed by atoms with E-state index in [4.69, 9.17) is 5.11 Å². The second-order valence-corrected chi connectivity index (χ2v) is 6.55. The van der Waals surface area contributed by atoms with Crippen molar-refractivity contribution >= 4 is 17.8 Å². The first-order valence-electron chi connectivity index (χ1n) is 8.75. The van der Waals surface area contributed by atoms with Crippen molar-refractivity contribution < 1.29 is 19.5 Å². The van der Waals surface area contributed by atoms with Crippen molar-refractivity contribution in [3.8, 4) is 0 Å². The molecule has 1 saturated carbocycles. The zero-order valence-corrected chi connectivity index (χ0v) is 14.6. The van der Waals surface area contributed by atoms with Gasteiger partial charge in [-0.15, -0.1) is 0 Å². The molecule has 0 aromatic carbocycles. The van der Waals surface area contributed by atoms with Gasteiger partial charge in [0, 0.05) is 32.3 Å². The minimum atomic E-state index is -0.877. The lowest BCUT2D eigenvalue weighted by molar-refractivity contribution is -0.137. The SMILES string of the molecule is CN(CCCC(=O)O)C(=O)c1cnn(CC(=O)NC2CCCCC2)c1. The first-order valence-corrected chi connectivity index (χ1v) is 8.75. The third kappa shape index (κ3) is 6.21. The van der Waals surface area contributed by atoms with Gasteiger partial charge in [-0.25, -0.2) is 0 Å². The van der Waals surface area contributed by atoms with E-state index in [1.54, 1.807) is 13.2 Å². The standard InChI is InChI=1S/C17H26N4O4/c1-20(9-5-8-16(23)24)17(25)13-10-18-21(11-13)12-15(22)19-14-6-3-2-4-7-14/h10-11,14H,2-9,12H2,1H3,(H,19,22)(H,23,24). The first-order chi connectivity index (χ1) is 12.0. The molecule has 0 aliphatic heterocycles. The zero-order chi connectivity index (χ0) is 18.2. The lowest BCUT2D eigenvalue weighted by Crippen LogP contribution is -2.38. The Balaban J connectivity index is 1.80. The highest BCUT2D eigenvalue weighted by atomic mass is 16.4. The largest absolute Gasteiger partial charge is 0.481 e. The molecule has 2 amide bonds. The van der Waals surface area contributed by atoms with E-state index in [-0.39, 0.29) is 30.8 Å². The Morgan fingerprint density at radius 3 is 2.72 bits per heavy atom. The number of carbonyl (C=O) groups is 3. The van der Waals surface area contributed by atoms with Crippen LogP contribution in [0.2, 0.25) is 0 Å². The summed E-state index contributed by atoms with van der Waals surface area (Å²) < 4.78 is 1.45. The van der Waals surface area contributed by atoms with Crippen LogP contribution in [-0.4, -0.2) is 57.2 Å². The summed E-state index contributed by atoms with van der Waals surface area (Å²) in [5, 5.41) is 15.7. The molecule has 0 radical (unpaired) electrons. The molecule has 1 aliphatic rings. The summed E-state index contributed by atoms with van der Waals surface area (Å²) in [4.78, 5) is 36.3. The van der Waals surface area contributed by atoms with Crippen LogP contribution in [0.15, 0.2) is 12.4 Å². The molecule has 2 rings (SSSR count). The van der Waals surface area contributed by atoms with Gasteiger partial charge in [0.1, 0.15) is 6.54 Å². The Labute approximate surface area is 147 Å². The van der Waals surface area contributed by atoms with Crippen molar-refractivity contribution in [1.29, 1.82) is 0 Å². The van der Waals surface area contributed by atoms with Crippen molar-refractivity contribution in [1.82, 2.24) is 20.0 Å². The summed E-state index contributed by atoms with van der Waals surface area (Å²) in [6.07, 6.45) is 9.00. The van der Waals surface area contributed by atoms with Gasteiger partial charge >= 0.3 is 5.97 Å². The van der Waals surface area contributed by atoms with Gasteiger partial charge in [0.2, 0.25) is 5.91 Å². The summed E-state index contributed by atoms with van der Waals surface area (Å²) in [6.45, 7) is 0.449. The molecule has 1 aliphatic carbocycles. The molecule has 0 spiro atoms. The average Bonchev–Trinajstić information content (AvgIpc) is 3.02. The van der Waals surface area contributed by atoms with Crippen LogP contribution in [-0.2, 0) is 16.1 Å². The maximum atomic E-state index is 12.3. The molecule has 2 N–H and O–H groups in total. The summed E-state index contributed by atoms with van der Waals surface area (Å²) >= 11 is 0. The minimum Gasteiger partial charge on any atom is -0.481 e. The molecule has 0 bridgehead atoms. The van der Waals surface area contributed by atoms with Crippen molar-refractivity contribution in [2.45, 2.75) is 57.5 Å². The number of amides is 2. The summed E-state index contributed by atoms with van der Waals surface area (Å²) in [5.41, 5.74) is 0.392. The van der Waals surface area contributed by atoms with Crippen LogP contribution in [0.5, 0.6) is 0 Å². The maximum Gasteiger partial charge on any atom is 0.303 e. The number of rotatable bonds is 8. The highest BCUT2D eigenvalue weighted by Crippen LogP contribution is 2.17. The third-order valence-corrected chi connectivity index (χ3v) is 4.39. The number of aromatic nitrogens is 2. The van der Waals surface area contributed by atoms with Gasteiger partial charge < -0.3 is 15.3 Å². The number of carboxylic acids is 1. The third-order valence-electron chi connectivity index (χ3n) is 4.39. The van der Waals surface area contributed by atoms with E-state index in [1.165, 1.54) is 22.2 Å². The maximum absolute atomic E-state index is 12.3. The van der Waals surface area contributed by atoms with Crippen molar-refractivity contribution in [3.05, 3.63) is 18.0 Å². The minimum absolute atomic E-state index is 0.0260. The molecule has 1 aromatic rings. The van der Waals surface area contributed by atoms with Gasteiger partial charge in [-0.3, -0.25) is 19.1 Å². The fraction of sp³-hybridized carbons (Fsp3) is 0.647. The van der Waals surface area contributed by atoms with Gasteiger partial charge in [-0.2, -0.15) is 5.10 Å². The molecule has 138 valence electrons. The number of aliphatic carboxylic acids is 1. The number of carboxylic acid groups (broad SMARTS) is 1. The Bertz CT molecular complexity index is 608. The molecule has 0 saturated heterocycles. The predicted octanol–water partition coefficient (Wildman–Crippen LogP) is 1.27. The Hall–Kier alpha value is -2.38. The van der Waals surface area contributed by atoms with Gasteiger partial charge in [0.15, 0.2) is 0 Å². The van der Waals surface area contributed by atoms with Gasteiger partial charge in [-0.05, 0) is 19.3 Å². The highest BCUT2D eigenvalue weighted by molar-refractivity contribution is 5.93. The Morgan fingerprint density at radius 2 is 2.04 bits per heavy atom. The normalized spacial score (nSPS) is 14.9. The Kier molecular flexibility index (Phi) is 6.97. The predicted molar refractivity (Wildman–Crippen MR) is 91.1 cm³/mol. The van der Waals surface area contributed by atoms with Crippen LogP contribution < -0.4 is 5.32 Å². The molecule has 1 aromatic heterocycles. The molecule has 1 heterocycles. The molecular weight excluding hydrogens is 324 g/mol. The number of nitrogens with zero attached hydrogens (tertiary/aromatic N) is 3. The fourth-order valence-electron chi connectivity index (χ4n) is 3.02. The number of nitrogens with one attached hydrogen (secondary N) is 1. The molecule has 25 heavy (non-hydrogen) atoms. The van der Waals surface area contributed by atoms with E-state index in [0.29, 0.717) is 18.5 Å². The molecule has 0 unspecified atom stereocenters. The smallest absolute Gasteiger partial charge is 0.303 e. The number of hydrogen-bond acceptors (Lipinski definition) is 4. The van der Waals surface area contributed by atoms with Crippen LogP contribution in [0.3, 0.4) is 0 Å². The molecular formula is C17H26N4O4. The first kappa shape index (κ1) is 19.0. The zero-order valence-electron chi connectivity index (χ0n) is 14.6. The number of carbonyl (C=O) groups excluding carboxylic acids is 2. The second-order valence-electron chi connectivity index (χ2n) is 6.55. The summed E-state index contributed by atoms with van der Waals surface area (Å²) in [6, 6.07) is 0.248. The van der Waals surface area contributed by atoms with Crippen LogP contribution in [0, 0.1) is 0 Å². The lowest BCUT2D eigenvalue weighted by Gasteiger charge is -2.22. The van der Waals surface area contributed by atoms with Crippen molar-refractivity contribution in [2.24, 2.45) is 0 Å². The van der Waals surface area contributed by atoms with Gasteiger partial charge in [0.05, 0.1) is 11.8 Å². The second kappa shape index (κ2) is 9.19.